The van der Waals surface area contributed by atoms with Crippen LogP contribution in [-0.2, 0) is 7.47 Å². The Labute approximate surface area is 349 Å². The van der Waals surface area contributed by atoms with Gasteiger partial charge in [-0.05, 0) is 68.3 Å². The van der Waals surface area contributed by atoms with E-state index < -0.39 is 2.14 Å². The van der Waals surface area contributed by atoms with Crippen LogP contribution in [0.1, 0.15) is 37.1 Å². The molecular formula is C42H27Br6N3. The first-order valence-corrected chi connectivity index (χ1v) is 20.6. The van der Waals surface area contributed by atoms with Crippen LogP contribution in [0.25, 0.3) is 33.4 Å². The first-order chi connectivity index (χ1) is 24.6. The SMILES string of the molecule is N#Cc1ccccc1-c1ccc(C(Br)(Br)Br)cc1.N#Cc1ccccc1-c1ccc(C(Br)Br)cc1.N#Cc1ccccc1-c1ccc(CBr)cc1. The molecule has 0 radical (unpaired) electrons. The van der Waals surface area contributed by atoms with E-state index in [4.69, 9.17) is 15.8 Å². The summed E-state index contributed by atoms with van der Waals surface area (Å²) in [4.78, 5) is 0. The number of halogens is 6. The first kappa shape index (κ1) is 40.4. The van der Waals surface area contributed by atoms with Crippen molar-refractivity contribution in [1.82, 2.24) is 0 Å². The van der Waals surface area contributed by atoms with Crippen LogP contribution in [-0.4, -0.2) is 0 Å². The third kappa shape index (κ3) is 11.6. The molecule has 0 aliphatic heterocycles. The lowest BCUT2D eigenvalue weighted by atomic mass is 10.00. The largest absolute Gasteiger partial charge is 0.192 e. The molecule has 3 nitrogen and oxygen atoms in total. The van der Waals surface area contributed by atoms with Crippen molar-refractivity contribution < 1.29 is 0 Å². The molecule has 9 heteroatoms. The average molecular weight is 1050 g/mol. The summed E-state index contributed by atoms with van der Waals surface area (Å²) in [5.41, 5.74) is 11.7. The summed E-state index contributed by atoms with van der Waals surface area (Å²) in [6.07, 6.45) is 0. The fourth-order valence-electron chi connectivity index (χ4n) is 4.92. The highest BCUT2D eigenvalue weighted by atomic mass is 80.0. The van der Waals surface area contributed by atoms with Gasteiger partial charge >= 0.3 is 0 Å². The van der Waals surface area contributed by atoms with E-state index in [-0.39, 0.29) is 3.74 Å². The van der Waals surface area contributed by atoms with Crippen LogP contribution in [0.15, 0.2) is 146 Å². The summed E-state index contributed by atoms with van der Waals surface area (Å²) in [7, 11) is 0. The van der Waals surface area contributed by atoms with Crippen LogP contribution < -0.4 is 0 Å². The molecule has 0 N–H and O–H groups in total. The van der Waals surface area contributed by atoms with Gasteiger partial charge in [-0.1, -0.05) is 223 Å². The molecule has 0 bridgehead atoms. The summed E-state index contributed by atoms with van der Waals surface area (Å²) in [6, 6.07) is 53.9. The van der Waals surface area contributed by atoms with Crippen molar-refractivity contribution in [2.75, 3.05) is 0 Å². The molecule has 0 aromatic heterocycles. The molecule has 252 valence electrons. The molecule has 0 atom stereocenters. The van der Waals surface area contributed by atoms with Gasteiger partial charge < -0.3 is 0 Å². The van der Waals surface area contributed by atoms with Gasteiger partial charge in [-0.25, -0.2) is 0 Å². The lowest BCUT2D eigenvalue weighted by molar-refractivity contribution is 1.37. The Hall–Kier alpha value is -3.33. The van der Waals surface area contributed by atoms with E-state index in [1.54, 1.807) is 0 Å². The third-order valence-electron chi connectivity index (χ3n) is 7.56. The summed E-state index contributed by atoms with van der Waals surface area (Å²) >= 11 is 20.8. The summed E-state index contributed by atoms with van der Waals surface area (Å²) in [5, 5.41) is 28.0. The van der Waals surface area contributed by atoms with E-state index in [1.807, 2.05) is 133 Å². The van der Waals surface area contributed by atoms with Gasteiger partial charge in [0.15, 0.2) is 2.14 Å². The van der Waals surface area contributed by atoms with Crippen LogP contribution in [0, 0.1) is 34.0 Å². The van der Waals surface area contributed by atoms with E-state index >= 15 is 0 Å². The highest BCUT2D eigenvalue weighted by Gasteiger charge is 2.20. The quantitative estimate of drug-likeness (QED) is 0.162. The fourth-order valence-corrected chi connectivity index (χ4v) is 6.69. The highest BCUT2D eigenvalue weighted by Crippen LogP contribution is 2.44. The summed E-state index contributed by atoms with van der Waals surface area (Å²) < 4.78 is -0.240. The molecule has 51 heavy (non-hydrogen) atoms. The Morgan fingerprint density at radius 3 is 1.12 bits per heavy atom. The van der Waals surface area contributed by atoms with Gasteiger partial charge in [0.05, 0.1) is 38.6 Å². The number of nitrogens with zero attached hydrogens (tertiary/aromatic N) is 3. The number of hydrogen-bond acceptors (Lipinski definition) is 3. The molecule has 6 aromatic rings. The normalized spacial score (nSPS) is 10.4. The Bertz CT molecular complexity index is 2170. The number of benzene rings is 6. The van der Waals surface area contributed by atoms with E-state index in [1.165, 1.54) is 5.56 Å². The zero-order valence-corrected chi connectivity index (χ0v) is 36.3. The average Bonchev–Trinajstić information content (AvgIpc) is 3.18. The maximum Gasteiger partial charge on any atom is 0.159 e. The van der Waals surface area contributed by atoms with Gasteiger partial charge in [-0.15, -0.1) is 0 Å². The predicted octanol–water partition coefficient (Wildman–Crippen LogP) is 14.7. The Balaban J connectivity index is 0.000000172. The van der Waals surface area contributed by atoms with Crippen molar-refractivity contribution in [2.24, 2.45) is 0 Å². The number of hydrogen-bond donors (Lipinski definition) is 0. The second-order valence-corrected chi connectivity index (χ2v) is 21.2. The Morgan fingerprint density at radius 2 is 0.804 bits per heavy atom. The van der Waals surface area contributed by atoms with Crippen LogP contribution >= 0.6 is 95.6 Å². The first-order valence-electron chi connectivity index (χ1n) is 15.3. The van der Waals surface area contributed by atoms with Crippen LogP contribution in [0.3, 0.4) is 0 Å². The van der Waals surface area contributed by atoms with Crippen molar-refractivity contribution >= 4 is 95.6 Å². The molecule has 0 saturated carbocycles. The number of nitriles is 3. The summed E-state index contributed by atoms with van der Waals surface area (Å²) in [5.74, 6) is 0. The maximum atomic E-state index is 9.09. The van der Waals surface area contributed by atoms with Gasteiger partial charge in [0.2, 0.25) is 0 Å². The van der Waals surface area contributed by atoms with E-state index in [0.29, 0.717) is 16.7 Å². The van der Waals surface area contributed by atoms with Gasteiger partial charge in [0.1, 0.15) is 0 Å². The molecule has 0 aliphatic rings. The van der Waals surface area contributed by atoms with Gasteiger partial charge in [-0.3, -0.25) is 0 Å². The highest BCUT2D eigenvalue weighted by molar-refractivity contribution is 9.38. The third-order valence-corrected chi connectivity index (χ3v) is 10.6. The molecule has 0 aliphatic carbocycles. The molecule has 6 aromatic carbocycles. The molecular weight excluding hydrogens is 1030 g/mol. The van der Waals surface area contributed by atoms with Crippen molar-refractivity contribution in [3.63, 3.8) is 0 Å². The van der Waals surface area contributed by atoms with E-state index in [0.717, 1.165) is 49.8 Å². The van der Waals surface area contributed by atoms with Crippen LogP contribution in [0.2, 0.25) is 0 Å². The molecule has 0 unspecified atom stereocenters. The number of alkyl halides is 6. The van der Waals surface area contributed by atoms with Gasteiger partial charge in [0.25, 0.3) is 0 Å². The number of rotatable bonds is 5. The summed E-state index contributed by atoms with van der Waals surface area (Å²) in [6.45, 7) is 0. The predicted molar refractivity (Wildman–Crippen MR) is 231 cm³/mol. The van der Waals surface area contributed by atoms with Crippen molar-refractivity contribution in [3.8, 4) is 51.6 Å². The maximum absolute atomic E-state index is 9.09. The minimum absolute atomic E-state index is 0.162. The zero-order chi connectivity index (χ0) is 36.8. The Morgan fingerprint density at radius 1 is 0.471 bits per heavy atom. The topological polar surface area (TPSA) is 71.4 Å². The molecule has 0 heterocycles. The molecule has 0 spiro atoms. The monoisotopic (exact) mass is 1050 g/mol. The van der Waals surface area contributed by atoms with Crippen molar-refractivity contribution in [3.05, 3.63) is 179 Å². The van der Waals surface area contributed by atoms with Gasteiger partial charge in [-0.2, -0.15) is 15.8 Å². The van der Waals surface area contributed by atoms with E-state index in [2.05, 4.69) is 126 Å². The standard InChI is InChI=1S/C14H8Br3N.C14H9Br2N.C14H10BrN/c15-14(16,17)12-7-5-10(6-8-12)13-4-2-1-3-11(13)9-18;15-14(16)11-7-5-10(6-8-11)13-4-2-1-3-12(13)9-17;15-9-11-5-7-12(8-6-11)14-4-2-1-3-13(14)10-16/h1-8H;1-8,14H;1-8H,9H2. The van der Waals surface area contributed by atoms with E-state index in [9.17, 15) is 0 Å². The smallest absolute Gasteiger partial charge is 0.159 e. The lowest BCUT2D eigenvalue weighted by Gasteiger charge is -2.13. The van der Waals surface area contributed by atoms with Crippen molar-refractivity contribution in [2.45, 2.75) is 11.2 Å². The molecule has 0 saturated heterocycles. The van der Waals surface area contributed by atoms with Gasteiger partial charge in [0, 0.05) is 5.33 Å². The van der Waals surface area contributed by atoms with Crippen LogP contribution in [0.5, 0.6) is 0 Å². The second kappa shape index (κ2) is 20.1. The van der Waals surface area contributed by atoms with Crippen LogP contribution in [0.4, 0.5) is 0 Å². The molecule has 6 rings (SSSR count). The minimum Gasteiger partial charge on any atom is -0.192 e. The second-order valence-electron chi connectivity index (χ2n) is 10.8. The lowest BCUT2D eigenvalue weighted by Crippen LogP contribution is -1.96. The van der Waals surface area contributed by atoms with Crippen molar-refractivity contribution in [1.29, 1.82) is 15.8 Å². The molecule has 0 amide bonds. The molecule has 0 fully saturated rings. The fraction of sp³-hybridized carbons (Fsp3) is 0.0714. The minimum atomic E-state index is -0.403. The zero-order valence-electron chi connectivity index (χ0n) is 26.8. The Kier molecular flexibility index (Phi) is 15.9.